The molecule has 0 radical (unpaired) electrons. The van der Waals surface area contributed by atoms with E-state index >= 15 is 0 Å². The van der Waals surface area contributed by atoms with Crippen LogP contribution in [0.15, 0.2) is 47.1 Å². The van der Waals surface area contributed by atoms with Gasteiger partial charge in [-0.15, -0.1) is 0 Å². The Morgan fingerprint density at radius 1 is 1.07 bits per heavy atom. The third-order valence-corrected chi connectivity index (χ3v) is 4.04. The predicted octanol–water partition coefficient (Wildman–Crippen LogP) is 4.08. The Kier molecular flexibility index (Phi) is 6.84. The van der Waals surface area contributed by atoms with Crippen molar-refractivity contribution in [2.24, 2.45) is 0 Å². The van der Waals surface area contributed by atoms with Crippen molar-refractivity contribution in [1.82, 2.24) is 10.3 Å². The van der Waals surface area contributed by atoms with E-state index in [0.717, 1.165) is 0 Å². The molecule has 1 atom stereocenters. The number of aromatic nitrogens is 2. The molecule has 0 unspecified atom stereocenters. The summed E-state index contributed by atoms with van der Waals surface area (Å²) in [4.78, 5) is 12.5. The molecule has 3 aromatic rings. The quantitative estimate of drug-likeness (QED) is 0.563. The molecule has 0 saturated carbocycles. The maximum atomic E-state index is 13.0. The van der Waals surface area contributed by atoms with Gasteiger partial charge in [0.25, 0.3) is 5.91 Å². The molecule has 1 N–H and O–H groups in total. The number of rotatable bonds is 9. The van der Waals surface area contributed by atoms with Gasteiger partial charge in [-0.1, -0.05) is 0 Å². The molecule has 0 fully saturated rings. The van der Waals surface area contributed by atoms with Gasteiger partial charge >= 0.3 is 0 Å². The molecule has 30 heavy (non-hydrogen) atoms. The standard InChI is InChI=1S/C21H22FN3O5/c1-4-27-17-11-6-14(12-18(17)28-5-2)19-20(25-30-24-19)23-21(26)13(3)29-16-9-7-15(22)8-10-16/h6-13H,4-5H2,1-3H3,(H,23,25,26)/t13-/m1/s1. The molecule has 3 rings (SSSR count). The van der Waals surface area contributed by atoms with Gasteiger partial charge in [0.1, 0.15) is 11.6 Å². The van der Waals surface area contributed by atoms with Crippen LogP contribution >= 0.6 is 0 Å². The zero-order valence-electron chi connectivity index (χ0n) is 16.8. The first-order valence-corrected chi connectivity index (χ1v) is 9.47. The van der Waals surface area contributed by atoms with Gasteiger partial charge in [0.05, 0.1) is 13.2 Å². The van der Waals surface area contributed by atoms with Crippen molar-refractivity contribution in [2.45, 2.75) is 26.9 Å². The van der Waals surface area contributed by atoms with Crippen LogP contribution in [0.1, 0.15) is 20.8 Å². The van der Waals surface area contributed by atoms with E-state index in [2.05, 4.69) is 15.6 Å². The molecule has 0 spiro atoms. The summed E-state index contributed by atoms with van der Waals surface area (Å²) in [5, 5.41) is 10.3. The van der Waals surface area contributed by atoms with Crippen molar-refractivity contribution in [3.63, 3.8) is 0 Å². The normalized spacial score (nSPS) is 11.6. The monoisotopic (exact) mass is 415 g/mol. The van der Waals surface area contributed by atoms with E-state index in [1.54, 1.807) is 25.1 Å². The van der Waals surface area contributed by atoms with E-state index in [9.17, 15) is 9.18 Å². The fourth-order valence-corrected chi connectivity index (χ4v) is 2.65. The smallest absolute Gasteiger partial charge is 0.266 e. The number of halogens is 1. The second-order valence-electron chi connectivity index (χ2n) is 6.19. The van der Waals surface area contributed by atoms with E-state index in [4.69, 9.17) is 18.8 Å². The Balaban J connectivity index is 1.75. The van der Waals surface area contributed by atoms with Crippen molar-refractivity contribution in [2.75, 3.05) is 18.5 Å². The molecular weight excluding hydrogens is 393 g/mol. The van der Waals surface area contributed by atoms with Crippen LogP contribution in [-0.4, -0.2) is 35.5 Å². The lowest BCUT2D eigenvalue weighted by atomic mass is 10.1. The predicted molar refractivity (Wildman–Crippen MR) is 107 cm³/mol. The number of benzene rings is 2. The van der Waals surface area contributed by atoms with Crippen molar-refractivity contribution in [1.29, 1.82) is 0 Å². The molecule has 9 heteroatoms. The highest BCUT2D eigenvalue weighted by molar-refractivity contribution is 5.96. The number of nitrogens with one attached hydrogen (secondary N) is 1. The zero-order valence-corrected chi connectivity index (χ0v) is 16.8. The number of amides is 1. The summed E-state index contributed by atoms with van der Waals surface area (Å²) in [6.07, 6.45) is -0.862. The van der Waals surface area contributed by atoms with Crippen LogP contribution in [0, 0.1) is 5.82 Å². The van der Waals surface area contributed by atoms with Gasteiger partial charge in [-0.2, -0.15) is 0 Å². The van der Waals surface area contributed by atoms with E-state index in [-0.39, 0.29) is 11.6 Å². The van der Waals surface area contributed by atoms with E-state index in [1.165, 1.54) is 24.3 Å². The van der Waals surface area contributed by atoms with Crippen molar-refractivity contribution in [3.8, 4) is 28.5 Å². The van der Waals surface area contributed by atoms with Gasteiger partial charge < -0.3 is 19.5 Å². The third kappa shape index (κ3) is 5.05. The number of hydrogen-bond acceptors (Lipinski definition) is 7. The van der Waals surface area contributed by atoms with Crippen LogP contribution in [-0.2, 0) is 4.79 Å². The lowest BCUT2D eigenvalue weighted by Gasteiger charge is -2.14. The minimum atomic E-state index is -0.862. The highest BCUT2D eigenvalue weighted by Crippen LogP contribution is 2.34. The number of hydrogen-bond donors (Lipinski definition) is 1. The molecule has 0 saturated heterocycles. The number of anilines is 1. The van der Waals surface area contributed by atoms with Crippen molar-refractivity contribution < 1.29 is 28.0 Å². The molecule has 0 aliphatic rings. The fourth-order valence-electron chi connectivity index (χ4n) is 2.65. The first kappa shape index (κ1) is 21.1. The Labute approximate surface area is 172 Å². The third-order valence-electron chi connectivity index (χ3n) is 4.04. The second kappa shape index (κ2) is 9.73. The van der Waals surface area contributed by atoms with Crippen LogP contribution in [0.25, 0.3) is 11.3 Å². The van der Waals surface area contributed by atoms with Crippen LogP contribution in [0.2, 0.25) is 0 Å². The lowest BCUT2D eigenvalue weighted by Crippen LogP contribution is -2.30. The Morgan fingerprint density at radius 3 is 2.47 bits per heavy atom. The van der Waals surface area contributed by atoms with Gasteiger partial charge in [-0.25, -0.2) is 9.02 Å². The van der Waals surface area contributed by atoms with E-state index < -0.39 is 12.0 Å². The van der Waals surface area contributed by atoms with Gasteiger partial charge in [0, 0.05) is 5.56 Å². The maximum absolute atomic E-state index is 13.0. The summed E-state index contributed by atoms with van der Waals surface area (Å²) in [6, 6.07) is 10.6. The maximum Gasteiger partial charge on any atom is 0.266 e. The largest absolute Gasteiger partial charge is 0.490 e. The van der Waals surface area contributed by atoms with E-state index in [0.29, 0.717) is 41.7 Å². The average Bonchev–Trinajstić information content (AvgIpc) is 3.19. The van der Waals surface area contributed by atoms with Crippen LogP contribution < -0.4 is 19.5 Å². The summed E-state index contributed by atoms with van der Waals surface area (Å²) in [5.41, 5.74) is 0.965. The zero-order chi connectivity index (χ0) is 21.5. The fraction of sp³-hybridized carbons (Fsp3) is 0.286. The molecule has 158 valence electrons. The van der Waals surface area contributed by atoms with Crippen molar-refractivity contribution >= 4 is 11.7 Å². The molecule has 8 nitrogen and oxygen atoms in total. The van der Waals surface area contributed by atoms with E-state index in [1.807, 2.05) is 13.8 Å². The Bertz CT molecular complexity index is 991. The molecule has 0 aliphatic heterocycles. The van der Waals surface area contributed by atoms with Crippen LogP contribution in [0.5, 0.6) is 17.2 Å². The first-order chi connectivity index (χ1) is 14.5. The molecule has 0 bridgehead atoms. The Hall–Kier alpha value is -3.62. The molecule has 0 aliphatic carbocycles. The molecule has 2 aromatic carbocycles. The highest BCUT2D eigenvalue weighted by atomic mass is 19.1. The topological polar surface area (TPSA) is 95.7 Å². The van der Waals surface area contributed by atoms with Crippen LogP contribution in [0.4, 0.5) is 10.2 Å². The Morgan fingerprint density at radius 2 is 1.77 bits per heavy atom. The number of carbonyl (C=O) groups is 1. The molecule has 1 amide bonds. The summed E-state index contributed by atoms with van der Waals surface area (Å²) in [7, 11) is 0. The molecular formula is C21H22FN3O5. The van der Waals surface area contributed by atoms with Gasteiger partial charge in [-0.3, -0.25) is 4.79 Å². The van der Waals surface area contributed by atoms with Gasteiger partial charge in [0.15, 0.2) is 23.3 Å². The minimum absolute atomic E-state index is 0.140. The lowest BCUT2D eigenvalue weighted by molar-refractivity contribution is -0.122. The van der Waals surface area contributed by atoms with Crippen LogP contribution in [0.3, 0.4) is 0 Å². The molecule has 1 heterocycles. The first-order valence-electron chi connectivity index (χ1n) is 9.47. The summed E-state index contributed by atoms with van der Waals surface area (Å²) in [6.45, 7) is 6.28. The molecule has 1 aromatic heterocycles. The number of ether oxygens (including phenoxy) is 3. The minimum Gasteiger partial charge on any atom is -0.490 e. The SMILES string of the molecule is CCOc1ccc(-c2nonc2NC(=O)[C@@H](C)Oc2ccc(F)cc2)cc1OCC. The van der Waals surface area contributed by atoms with Gasteiger partial charge in [0.2, 0.25) is 5.82 Å². The average molecular weight is 415 g/mol. The summed E-state index contributed by atoms with van der Waals surface area (Å²) >= 11 is 0. The second-order valence-corrected chi connectivity index (χ2v) is 6.19. The number of carbonyl (C=O) groups excluding carboxylic acids is 1. The summed E-state index contributed by atoms with van der Waals surface area (Å²) < 4.78 is 34.5. The number of nitrogens with zero attached hydrogens (tertiary/aromatic N) is 2. The summed E-state index contributed by atoms with van der Waals surface area (Å²) in [5.74, 6) is 0.801. The van der Waals surface area contributed by atoms with Crippen molar-refractivity contribution in [3.05, 3.63) is 48.3 Å². The van der Waals surface area contributed by atoms with Gasteiger partial charge in [-0.05, 0) is 73.5 Å². The highest BCUT2D eigenvalue weighted by Gasteiger charge is 2.21.